The van der Waals surface area contributed by atoms with Gasteiger partial charge in [-0.1, -0.05) is 25.4 Å². The van der Waals surface area contributed by atoms with E-state index in [0.717, 1.165) is 0 Å². The number of carbonyl (C=O) groups excluding carboxylic acids is 1. The minimum Gasteiger partial charge on any atom is -0.331 e. The van der Waals surface area contributed by atoms with E-state index in [4.69, 9.17) is 11.6 Å². The van der Waals surface area contributed by atoms with Gasteiger partial charge in [-0.3, -0.25) is 0 Å². The van der Waals surface area contributed by atoms with E-state index in [-0.39, 0.29) is 23.4 Å². The summed E-state index contributed by atoms with van der Waals surface area (Å²) < 4.78 is 27.3. The fraction of sp³-hybridized carbons (Fsp3) is 0.533. The Morgan fingerprint density at radius 3 is 2.26 bits per heavy atom. The molecule has 0 saturated carbocycles. The van der Waals surface area contributed by atoms with Gasteiger partial charge in [-0.25, -0.2) is 13.2 Å². The van der Waals surface area contributed by atoms with Crippen LogP contribution in [0.5, 0.6) is 0 Å². The average molecular weight is 360 g/mol. The summed E-state index contributed by atoms with van der Waals surface area (Å²) in [7, 11) is -0.354. The van der Waals surface area contributed by atoms with Crippen molar-refractivity contribution in [2.75, 3.05) is 27.2 Å². The number of benzene rings is 1. The number of halogens is 1. The van der Waals surface area contributed by atoms with Crippen LogP contribution < -0.4 is 0 Å². The number of amides is 2. The highest BCUT2D eigenvalue weighted by atomic mass is 35.5. The summed E-state index contributed by atoms with van der Waals surface area (Å²) in [4.78, 5) is 15.6. The lowest BCUT2D eigenvalue weighted by Crippen LogP contribution is -2.50. The lowest BCUT2D eigenvalue weighted by atomic mass is 10.1. The molecular weight excluding hydrogens is 338 g/mol. The largest absolute Gasteiger partial charge is 0.331 e. The molecule has 1 heterocycles. The first-order chi connectivity index (χ1) is 10.7. The number of hydrogen-bond donors (Lipinski definition) is 0. The molecule has 0 bridgehead atoms. The predicted octanol–water partition coefficient (Wildman–Crippen LogP) is 2.31. The third kappa shape index (κ3) is 3.46. The van der Waals surface area contributed by atoms with Crippen LogP contribution in [0.15, 0.2) is 29.2 Å². The Morgan fingerprint density at radius 1 is 1.22 bits per heavy atom. The molecule has 6 nitrogen and oxygen atoms in total. The molecule has 23 heavy (non-hydrogen) atoms. The highest BCUT2D eigenvalue weighted by Gasteiger charge is 2.44. The van der Waals surface area contributed by atoms with E-state index in [2.05, 4.69) is 0 Å². The molecule has 0 aromatic heterocycles. The molecule has 2 rings (SSSR count). The number of nitrogens with zero attached hydrogens (tertiary/aromatic N) is 3. The van der Waals surface area contributed by atoms with Gasteiger partial charge in [-0.05, 0) is 30.2 Å². The first-order valence-electron chi connectivity index (χ1n) is 7.41. The summed E-state index contributed by atoms with van der Waals surface area (Å²) in [6.45, 7) is 4.49. The summed E-state index contributed by atoms with van der Waals surface area (Å²) in [6, 6.07) is 5.91. The van der Waals surface area contributed by atoms with Gasteiger partial charge >= 0.3 is 6.03 Å². The summed E-state index contributed by atoms with van der Waals surface area (Å²) in [5, 5.41) is 0.482. The van der Waals surface area contributed by atoms with Crippen LogP contribution in [-0.2, 0) is 10.0 Å². The molecule has 1 aliphatic heterocycles. The molecular formula is C15H22ClN3O3S. The zero-order valence-corrected chi connectivity index (χ0v) is 15.3. The number of carbonyl (C=O) groups is 1. The molecule has 0 radical (unpaired) electrons. The average Bonchev–Trinajstić information content (AvgIpc) is 2.92. The van der Waals surface area contributed by atoms with Gasteiger partial charge in [0.15, 0.2) is 0 Å². The predicted molar refractivity (Wildman–Crippen MR) is 89.8 cm³/mol. The van der Waals surface area contributed by atoms with E-state index in [1.165, 1.54) is 21.3 Å². The Labute approximate surface area is 142 Å². The second-order valence-corrected chi connectivity index (χ2v) is 8.42. The van der Waals surface area contributed by atoms with E-state index in [9.17, 15) is 13.2 Å². The molecule has 1 fully saturated rings. The van der Waals surface area contributed by atoms with Crippen molar-refractivity contribution in [3.63, 3.8) is 0 Å². The lowest BCUT2D eigenvalue weighted by molar-refractivity contribution is 0.129. The van der Waals surface area contributed by atoms with Crippen molar-refractivity contribution >= 4 is 27.7 Å². The molecule has 0 aliphatic carbocycles. The molecule has 1 aromatic rings. The molecule has 1 aliphatic rings. The number of hydrogen-bond acceptors (Lipinski definition) is 3. The van der Waals surface area contributed by atoms with Crippen LogP contribution in [0.25, 0.3) is 0 Å². The normalized spacial score (nSPS) is 19.4. The summed E-state index contributed by atoms with van der Waals surface area (Å²) in [6.07, 6.45) is -0.495. The Kier molecular flexibility index (Phi) is 5.23. The van der Waals surface area contributed by atoms with Crippen LogP contribution in [0.1, 0.15) is 13.8 Å². The summed E-state index contributed by atoms with van der Waals surface area (Å²) in [5.74, 6) is -0.0246. The van der Waals surface area contributed by atoms with Gasteiger partial charge < -0.3 is 9.80 Å². The van der Waals surface area contributed by atoms with Crippen molar-refractivity contribution in [3.8, 4) is 0 Å². The third-order valence-corrected chi connectivity index (χ3v) is 5.96. The molecule has 2 amide bonds. The van der Waals surface area contributed by atoms with E-state index >= 15 is 0 Å². The van der Waals surface area contributed by atoms with E-state index in [0.29, 0.717) is 11.6 Å². The standard InChI is InChI=1S/C15H22ClN3O3S/c1-11(2)14-18(15(20)17(3)4)9-10-19(14)23(21,22)13-7-5-12(16)6-8-13/h5-8,11,14H,9-10H2,1-4H3. The topological polar surface area (TPSA) is 60.9 Å². The Hall–Kier alpha value is -1.31. The molecule has 1 unspecified atom stereocenters. The first-order valence-corrected chi connectivity index (χ1v) is 9.23. The van der Waals surface area contributed by atoms with Crippen LogP contribution in [0.2, 0.25) is 5.02 Å². The fourth-order valence-corrected chi connectivity index (χ4v) is 4.63. The van der Waals surface area contributed by atoms with Crippen molar-refractivity contribution in [2.45, 2.75) is 24.9 Å². The van der Waals surface area contributed by atoms with Crippen LogP contribution >= 0.6 is 11.6 Å². The highest BCUT2D eigenvalue weighted by molar-refractivity contribution is 7.89. The van der Waals surface area contributed by atoms with Crippen LogP contribution in [0.4, 0.5) is 4.79 Å². The maximum Gasteiger partial charge on any atom is 0.320 e. The fourth-order valence-electron chi connectivity index (χ4n) is 2.79. The van der Waals surface area contributed by atoms with Crippen LogP contribution in [0.3, 0.4) is 0 Å². The third-order valence-electron chi connectivity index (χ3n) is 3.82. The van der Waals surface area contributed by atoms with Crippen LogP contribution in [0, 0.1) is 5.92 Å². The van der Waals surface area contributed by atoms with Gasteiger partial charge in [0.25, 0.3) is 0 Å². The molecule has 8 heteroatoms. The monoisotopic (exact) mass is 359 g/mol. The van der Waals surface area contributed by atoms with Gasteiger partial charge in [0, 0.05) is 32.2 Å². The van der Waals surface area contributed by atoms with Crippen molar-refractivity contribution in [3.05, 3.63) is 29.3 Å². The Morgan fingerprint density at radius 2 is 1.78 bits per heavy atom. The second-order valence-electron chi connectivity index (χ2n) is 6.10. The van der Waals surface area contributed by atoms with Crippen molar-refractivity contribution < 1.29 is 13.2 Å². The number of rotatable bonds is 3. The molecule has 128 valence electrons. The molecule has 0 N–H and O–H groups in total. The van der Waals surface area contributed by atoms with Gasteiger partial charge in [0.2, 0.25) is 10.0 Å². The second kappa shape index (κ2) is 6.67. The maximum atomic E-state index is 12.9. The number of sulfonamides is 1. The van der Waals surface area contributed by atoms with Crippen LogP contribution in [-0.4, -0.2) is 61.9 Å². The van der Waals surface area contributed by atoms with Gasteiger partial charge in [0.1, 0.15) is 6.17 Å². The van der Waals surface area contributed by atoms with Crippen molar-refractivity contribution in [1.29, 1.82) is 0 Å². The molecule has 1 aromatic carbocycles. The SMILES string of the molecule is CC(C)C1N(C(=O)N(C)C)CCN1S(=O)(=O)c1ccc(Cl)cc1. The van der Waals surface area contributed by atoms with Crippen molar-refractivity contribution in [1.82, 2.24) is 14.1 Å². The van der Waals surface area contributed by atoms with Gasteiger partial charge in [-0.15, -0.1) is 0 Å². The van der Waals surface area contributed by atoms with E-state index in [1.54, 1.807) is 31.1 Å². The first kappa shape index (κ1) is 18.0. The van der Waals surface area contributed by atoms with Gasteiger partial charge in [0.05, 0.1) is 4.90 Å². The molecule has 0 spiro atoms. The quantitative estimate of drug-likeness (QED) is 0.832. The molecule has 1 saturated heterocycles. The minimum atomic E-state index is -3.68. The zero-order valence-electron chi connectivity index (χ0n) is 13.7. The summed E-state index contributed by atoms with van der Waals surface area (Å²) in [5.41, 5.74) is 0. The van der Waals surface area contributed by atoms with E-state index in [1.807, 2.05) is 13.8 Å². The lowest BCUT2D eigenvalue weighted by Gasteiger charge is -2.33. The Balaban J connectivity index is 2.38. The smallest absolute Gasteiger partial charge is 0.320 e. The number of urea groups is 1. The van der Waals surface area contributed by atoms with E-state index < -0.39 is 16.2 Å². The maximum absolute atomic E-state index is 12.9. The highest BCUT2D eigenvalue weighted by Crippen LogP contribution is 2.29. The Bertz CT molecular complexity index is 674. The van der Waals surface area contributed by atoms with Gasteiger partial charge in [-0.2, -0.15) is 4.31 Å². The summed E-state index contributed by atoms with van der Waals surface area (Å²) >= 11 is 5.83. The molecule has 1 atom stereocenters. The minimum absolute atomic E-state index is 0.0246. The zero-order chi connectivity index (χ0) is 17.4. The van der Waals surface area contributed by atoms with Crippen molar-refractivity contribution in [2.24, 2.45) is 5.92 Å².